The number of aryl methyl sites for hydroxylation is 1. The van der Waals surface area contributed by atoms with E-state index in [9.17, 15) is 0 Å². The molecule has 1 fully saturated rings. The second kappa shape index (κ2) is 5.80. The first-order chi connectivity index (χ1) is 8.19. The molecule has 0 aliphatic heterocycles. The smallest absolute Gasteiger partial charge is 0.205 e. The number of hydrogen-bond acceptors (Lipinski definition) is 4. The predicted octanol–water partition coefficient (Wildman–Crippen LogP) is 3.73. The molecule has 1 heterocycles. The van der Waals surface area contributed by atoms with Crippen molar-refractivity contribution in [3.05, 3.63) is 5.01 Å². The highest BCUT2D eigenvalue weighted by Crippen LogP contribution is 2.31. The molecule has 0 aromatic carbocycles. The molecular weight excluding hydrogens is 230 g/mol. The van der Waals surface area contributed by atoms with Crippen molar-refractivity contribution in [3.63, 3.8) is 0 Å². The lowest BCUT2D eigenvalue weighted by molar-refractivity contribution is 0.267. The third-order valence-corrected chi connectivity index (χ3v) is 4.81. The van der Waals surface area contributed by atoms with Crippen LogP contribution in [-0.2, 0) is 6.42 Å². The third-order valence-electron chi connectivity index (χ3n) is 3.81. The van der Waals surface area contributed by atoms with Crippen molar-refractivity contribution in [2.45, 2.75) is 58.9 Å². The fourth-order valence-corrected chi connectivity index (χ4v) is 3.32. The Morgan fingerprint density at radius 2 is 1.94 bits per heavy atom. The Bertz CT molecular complexity index is 340. The Morgan fingerprint density at radius 3 is 2.47 bits per heavy atom. The van der Waals surface area contributed by atoms with E-state index in [1.807, 2.05) is 0 Å². The van der Waals surface area contributed by atoms with Crippen molar-refractivity contribution in [3.8, 4) is 0 Å². The van der Waals surface area contributed by atoms with Gasteiger partial charge in [0, 0.05) is 6.04 Å². The van der Waals surface area contributed by atoms with Crippen LogP contribution in [0.4, 0.5) is 5.13 Å². The summed E-state index contributed by atoms with van der Waals surface area (Å²) >= 11 is 1.70. The van der Waals surface area contributed by atoms with Gasteiger partial charge in [0.2, 0.25) is 5.13 Å². The van der Waals surface area contributed by atoms with Crippen molar-refractivity contribution in [2.75, 3.05) is 5.32 Å². The molecule has 0 atom stereocenters. The van der Waals surface area contributed by atoms with E-state index in [4.69, 9.17) is 0 Å². The van der Waals surface area contributed by atoms with Gasteiger partial charge in [-0.25, -0.2) is 0 Å². The molecule has 1 saturated carbocycles. The van der Waals surface area contributed by atoms with Crippen molar-refractivity contribution in [1.29, 1.82) is 0 Å². The molecule has 1 aromatic heterocycles. The maximum absolute atomic E-state index is 4.19. The van der Waals surface area contributed by atoms with E-state index in [1.54, 1.807) is 11.3 Å². The zero-order chi connectivity index (χ0) is 12.3. The van der Waals surface area contributed by atoms with Gasteiger partial charge in [-0.2, -0.15) is 0 Å². The number of aromatic nitrogens is 2. The third kappa shape index (κ3) is 3.41. The fraction of sp³-hybridized carbons (Fsp3) is 0.846. The highest BCUT2D eigenvalue weighted by atomic mass is 32.1. The van der Waals surface area contributed by atoms with Crippen LogP contribution in [-0.4, -0.2) is 16.2 Å². The van der Waals surface area contributed by atoms with Crippen LogP contribution in [0.2, 0.25) is 0 Å². The molecule has 4 heteroatoms. The van der Waals surface area contributed by atoms with E-state index in [0.29, 0.717) is 6.04 Å². The van der Waals surface area contributed by atoms with E-state index in [0.717, 1.165) is 28.4 Å². The van der Waals surface area contributed by atoms with Gasteiger partial charge in [0.25, 0.3) is 0 Å². The molecule has 2 rings (SSSR count). The lowest BCUT2D eigenvalue weighted by atomic mass is 9.80. The SMILES string of the molecule is CCc1nnc(NC2CCC(C(C)C)CC2)s1. The Kier molecular flexibility index (Phi) is 4.37. The summed E-state index contributed by atoms with van der Waals surface area (Å²) in [6.45, 7) is 6.81. The average Bonchev–Trinajstić information content (AvgIpc) is 2.77. The molecule has 0 amide bonds. The van der Waals surface area contributed by atoms with Gasteiger partial charge < -0.3 is 5.32 Å². The number of nitrogens with one attached hydrogen (secondary N) is 1. The van der Waals surface area contributed by atoms with Gasteiger partial charge in [-0.05, 0) is 43.9 Å². The summed E-state index contributed by atoms with van der Waals surface area (Å²) in [6, 6.07) is 0.614. The minimum Gasteiger partial charge on any atom is -0.357 e. The lowest BCUT2D eigenvalue weighted by Crippen LogP contribution is -2.27. The fourth-order valence-electron chi connectivity index (χ4n) is 2.56. The summed E-state index contributed by atoms with van der Waals surface area (Å²) in [4.78, 5) is 0. The van der Waals surface area contributed by atoms with Crippen LogP contribution in [0.15, 0.2) is 0 Å². The van der Waals surface area contributed by atoms with E-state index in [-0.39, 0.29) is 0 Å². The van der Waals surface area contributed by atoms with Gasteiger partial charge >= 0.3 is 0 Å². The zero-order valence-electron chi connectivity index (χ0n) is 11.1. The van der Waals surface area contributed by atoms with Crippen LogP contribution in [0.5, 0.6) is 0 Å². The summed E-state index contributed by atoms with van der Waals surface area (Å²) in [5, 5.41) is 14.0. The molecule has 17 heavy (non-hydrogen) atoms. The predicted molar refractivity (Wildman–Crippen MR) is 73.5 cm³/mol. The second-order valence-corrected chi connectivity index (χ2v) is 6.42. The van der Waals surface area contributed by atoms with Crippen molar-refractivity contribution >= 4 is 16.5 Å². The van der Waals surface area contributed by atoms with Crippen molar-refractivity contribution in [2.24, 2.45) is 11.8 Å². The largest absolute Gasteiger partial charge is 0.357 e. The van der Waals surface area contributed by atoms with Gasteiger partial charge in [-0.3, -0.25) is 0 Å². The van der Waals surface area contributed by atoms with E-state index in [1.165, 1.54) is 25.7 Å². The molecule has 1 N–H and O–H groups in total. The molecule has 0 saturated heterocycles. The molecule has 1 aliphatic rings. The van der Waals surface area contributed by atoms with Crippen LogP contribution >= 0.6 is 11.3 Å². The van der Waals surface area contributed by atoms with Crippen LogP contribution in [0.25, 0.3) is 0 Å². The Morgan fingerprint density at radius 1 is 1.24 bits per heavy atom. The number of hydrogen-bond donors (Lipinski definition) is 1. The van der Waals surface area contributed by atoms with Crippen molar-refractivity contribution in [1.82, 2.24) is 10.2 Å². The Labute approximate surface area is 108 Å². The minimum atomic E-state index is 0.614. The molecule has 0 bridgehead atoms. The maximum atomic E-state index is 4.19. The molecule has 1 aliphatic carbocycles. The second-order valence-electron chi connectivity index (χ2n) is 5.35. The van der Waals surface area contributed by atoms with E-state index in [2.05, 4.69) is 36.3 Å². The van der Waals surface area contributed by atoms with Crippen molar-refractivity contribution < 1.29 is 0 Å². The normalized spacial score (nSPS) is 25.2. The summed E-state index contributed by atoms with van der Waals surface area (Å²) in [5.41, 5.74) is 0. The molecule has 96 valence electrons. The van der Waals surface area contributed by atoms with E-state index < -0.39 is 0 Å². The number of nitrogens with zero attached hydrogens (tertiary/aromatic N) is 2. The molecule has 1 aromatic rings. The van der Waals surface area contributed by atoms with Crippen LogP contribution in [0.1, 0.15) is 51.5 Å². The topological polar surface area (TPSA) is 37.8 Å². The van der Waals surface area contributed by atoms with Gasteiger partial charge in [-0.15, -0.1) is 10.2 Å². The molecular formula is C13H23N3S. The molecule has 0 radical (unpaired) electrons. The van der Waals surface area contributed by atoms with Gasteiger partial charge in [0.05, 0.1) is 0 Å². The standard InChI is InChI=1S/C13H23N3S/c1-4-12-15-16-13(17-12)14-11-7-5-10(6-8-11)9(2)3/h9-11H,4-8H2,1-3H3,(H,14,16). The average molecular weight is 253 g/mol. The zero-order valence-corrected chi connectivity index (χ0v) is 11.9. The molecule has 3 nitrogen and oxygen atoms in total. The lowest BCUT2D eigenvalue weighted by Gasteiger charge is -2.31. The first-order valence-corrected chi connectivity index (χ1v) is 7.59. The van der Waals surface area contributed by atoms with Gasteiger partial charge in [0.15, 0.2) is 0 Å². The highest BCUT2D eigenvalue weighted by molar-refractivity contribution is 7.15. The maximum Gasteiger partial charge on any atom is 0.205 e. The van der Waals surface area contributed by atoms with Gasteiger partial charge in [0.1, 0.15) is 5.01 Å². The Hall–Kier alpha value is -0.640. The van der Waals surface area contributed by atoms with Gasteiger partial charge in [-0.1, -0.05) is 32.1 Å². The summed E-state index contributed by atoms with van der Waals surface area (Å²) < 4.78 is 0. The molecule has 0 unspecified atom stereocenters. The highest BCUT2D eigenvalue weighted by Gasteiger charge is 2.23. The quantitative estimate of drug-likeness (QED) is 0.888. The van der Waals surface area contributed by atoms with Crippen LogP contribution in [0, 0.1) is 11.8 Å². The summed E-state index contributed by atoms with van der Waals surface area (Å²) in [6.07, 6.45) is 6.26. The number of anilines is 1. The number of rotatable bonds is 4. The minimum absolute atomic E-state index is 0.614. The summed E-state index contributed by atoms with van der Waals surface area (Å²) in [7, 11) is 0. The van der Waals surface area contributed by atoms with Crippen LogP contribution in [0.3, 0.4) is 0 Å². The monoisotopic (exact) mass is 253 g/mol. The first-order valence-electron chi connectivity index (χ1n) is 6.78. The van der Waals surface area contributed by atoms with E-state index >= 15 is 0 Å². The first kappa shape index (κ1) is 12.8. The summed E-state index contributed by atoms with van der Waals surface area (Å²) in [5.74, 6) is 1.76. The van der Waals surface area contributed by atoms with Crippen LogP contribution < -0.4 is 5.32 Å². The Balaban J connectivity index is 1.81. The molecule has 0 spiro atoms.